The van der Waals surface area contributed by atoms with E-state index in [1.54, 1.807) is 18.2 Å². The maximum absolute atomic E-state index is 12.5. The second-order valence-corrected chi connectivity index (χ2v) is 6.25. The smallest absolute Gasteiger partial charge is 0.413 e. The van der Waals surface area contributed by atoms with E-state index in [0.29, 0.717) is 5.52 Å². The number of nitrogens with zero attached hydrogens (tertiary/aromatic N) is 3. The Kier molecular flexibility index (Phi) is 3.66. The van der Waals surface area contributed by atoms with Gasteiger partial charge in [-0.1, -0.05) is 18.2 Å². The number of anilines is 1. The maximum atomic E-state index is 12.5. The first-order valence-electron chi connectivity index (χ1n) is 6.38. The van der Waals surface area contributed by atoms with Gasteiger partial charge in [-0.3, -0.25) is 5.32 Å². The van der Waals surface area contributed by atoms with E-state index in [0.717, 1.165) is 0 Å². The highest BCUT2D eigenvalue weighted by molar-refractivity contribution is 7.91. The normalized spacial score (nSPS) is 11.3. The second-order valence-electron chi connectivity index (χ2n) is 4.41. The molecule has 9 nitrogen and oxygen atoms in total. The third-order valence-corrected chi connectivity index (χ3v) is 4.49. The number of benzene rings is 1. The van der Waals surface area contributed by atoms with Gasteiger partial charge in [-0.2, -0.15) is 9.97 Å². The third kappa shape index (κ3) is 2.83. The van der Waals surface area contributed by atoms with Crippen LogP contribution >= 0.6 is 0 Å². The summed E-state index contributed by atoms with van der Waals surface area (Å²) in [4.78, 5) is 25.7. The number of aromatic nitrogens is 4. The van der Waals surface area contributed by atoms with Gasteiger partial charge < -0.3 is 9.72 Å². The first kappa shape index (κ1) is 14.9. The first-order chi connectivity index (χ1) is 11.0. The van der Waals surface area contributed by atoms with Gasteiger partial charge in [0.25, 0.3) is 5.16 Å². The summed E-state index contributed by atoms with van der Waals surface area (Å²) in [5, 5.41) is 1.96. The van der Waals surface area contributed by atoms with E-state index in [2.05, 4.69) is 30.0 Å². The molecule has 3 rings (SSSR count). The van der Waals surface area contributed by atoms with Crippen LogP contribution in [0.3, 0.4) is 0 Å². The summed E-state index contributed by atoms with van der Waals surface area (Å²) in [5.74, 6) is 0.0791. The fraction of sp³-hybridized carbons (Fsp3) is 0.0769. The lowest BCUT2D eigenvalue weighted by molar-refractivity contribution is 0.186. The van der Waals surface area contributed by atoms with Crippen molar-refractivity contribution < 1.29 is 17.9 Å². The van der Waals surface area contributed by atoms with Crippen LogP contribution < -0.4 is 5.32 Å². The number of nitrogens with one attached hydrogen (secondary N) is 2. The van der Waals surface area contributed by atoms with Crippen molar-refractivity contribution in [2.75, 3.05) is 12.4 Å². The lowest BCUT2D eigenvalue weighted by Gasteiger charge is -2.01. The van der Waals surface area contributed by atoms with Gasteiger partial charge in [-0.15, -0.1) is 0 Å². The van der Waals surface area contributed by atoms with Gasteiger partial charge in [0, 0.05) is 0 Å². The molecule has 0 aliphatic heterocycles. The number of hydrogen-bond donors (Lipinski definition) is 2. The molecule has 0 atom stereocenters. The lowest BCUT2D eigenvalue weighted by atomic mass is 10.4. The van der Waals surface area contributed by atoms with E-state index in [1.165, 1.54) is 25.4 Å². The molecule has 0 radical (unpaired) electrons. The zero-order valence-corrected chi connectivity index (χ0v) is 12.7. The van der Waals surface area contributed by atoms with Crippen LogP contribution in [0.15, 0.2) is 46.6 Å². The summed E-state index contributed by atoms with van der Waals surface area (Å²) in [7, 11) is -2.63. The molecule has 0 unspecified atom stereocenters. The number of ether oxygens (including phenoxy) is 1. The minimum atomic E-state index is -3.84. The molecule has 1 aromatic carbocycles. The van der Waals surface area contributed by atoms with Crippen molar-refractivity contribution in [3.8, 4) is 0 Å². The molecule has 23 heavy (non-hydrogen) atoms. The van der Waals surface area contributed by atoms with Gasteiger partial charge >= 0.3 is 6.09 Å². The van der Waals surface area contributed by atoms with Gasteiger partial charge in [-0.05, 0) is 12.1 Å². The van der Waals surface area contributed by atoms with Gasteiger partial charge in [0.2, 0.25) is 15.8 Å². The second kappa shape index (κ2) is 5.65. The Balaban J connectivity index is 2.02. The number of aromatic amines is 1. The highest BCUT2D eigenvalue weighted by atomic mass is 32.2. The fourth-order valence-corrected chi connectivity index (χ4v) is 2.96. The summed E-state index contributed by atoms with van der Waals surface area (Å²) in [6.45, 7) is 0. The van der Waals surface area contributed by atoms with Crippen LogP contribution in [-0.2, 0) is 14.6 Å². The standard InChI is InChI=1S/C13H11N5O4S/c1-22-13(19)18-11-15-9-7-14-12(17-10(9)16-11)23(20,21)8-5-3-2-4-6-8/h2-7H,1H3,(H2,14,15,16,17,18,19). The molecule has 0 saturated heterocycles. The van der Waals surface area contributed by atoms with Gasteiger partial charge in [0.1, 0.15) is 5.52 Å². The Bertz CT molecular complexity index is 968. The lowest BCUT2D eigenvalue weighted by Crippen LogP contribution is -2.11. The Morgan fingerprint density at radius 1 is 1.22 bits per heavy atom. The number of carbonyl (C=O) groups is 1. The van der Waals surface area contributed by atoms with Crippen molar-refractivity contribution in [3.63, 3.8) is 0 Å². The number of amides is 1. The molecule has 0 spiro atoms. The molecule has 2 N–H and O–H groups in total. The summed E-state index contributed by atoms with van der Waals surface area (Å²) >= 11 is 0. The maximum Gasteiger partial charge on any atom is 0.413 e. The number of methoxy groups -OCH3 is 1. The number of hydrogen-bond acceptors (Lipinski definition) is 7. The molecule has 10 heteroatoms. The predicted octanol–water partition coefficient (Wildman–Crippen LogP) is 1.36. The zero-order chi connectivity index (χ0) is 16.4. The fourth-order valence-electron chi connectivity index (χ4n) is 1.83. The molecular formula is C13H11N5O4S. The number of rotatable bonds is 3. The van der Waals surface area contributed by atoms with E-state index in [9.17, 15) is 13.2 Å². The molecular weight excluding hydrogens is 322 g/mol. The molecule has 2 aromatic heterocycles. The van der Waals surface area contributed by atoms with Crippen LogP contribution in [0.5, 0.6) is 0 Å². The van der Waals surface area contributed by atoms with Crippen LogP contribution in [0.2, 0.25) is 0 Å². The van der Waals surface area contributed by atoms with Crippen LogP contribution in [0, 0.1) is 0 Å². The van der Waals surface area contributed by atoms with E-state index in [4.69, 9.17) is 0 Å². The summed E-state index contributed by atoms with van der Waals surface area (Å²) < 4.78 is 29.4. The topological polar surface area (TPSA) is 127 Å². The Hall–Kier alpha value is -3.01. The van der Waals surface area contributed by atoms with Crippen LogP contribution in [0.25, 0.3) is 11.2 Å². The van der Waals surface area contributed by atoms with Crippen molar-refractivity contribution in [2.45, 2.75) is 10.1 Å². The number of imidazole rings is 1. The average Bonchev–Trinajstić information content (AvgIpc) is 2.96. The van der Waals surface area contributed by atoms with Crippen LogP contribution in [0.1, 0.15) is 0 Å². The molecule has 0 bridgehead atoms. The van der Waals surface area contributed by atoms with Crippen molar-refractivity contribution in [2.24, 2.45) is 0 Å². The van der Waals surface area contributed by atoms with Crippen LogP contribution in [0.4, 0.5) is 10.7 Å². The monoisotopic (exact) mass is 333 g/mol. The number of fused-ring (bicyclic) bond motifs is 1. The van der Waals surface area contributed by atoms with E-state index in [-0.39, 0.29) is 21.6 Å². The Morgan fingerprint density at radius 3 is 2.65 bits per heavy atom. The SMILES string of the molecule is COC(=O)Nc1nc2nc(S(=O)(=O)c3ccccc3)ncc2[nH]1. The van der Waals surface area contributed by atoms with Crippen molar-refractivity contribution in [3.05, 3.63) is 36.5 Å². The Labute approximate surface area is 130 Å². The molecule has 3 aromatic rings. The minimum absolute atomic E-state index is 0.0791. The molecule has 0 aliphatic carbocycles. The highest BCUT2D eigenvalue weighted by Crippen LogP contribution is 2.19. The van der Waals surface area contributed by atoms with Gasteiger partial charge in [0.15, 0.2) is 5.65 Å². The minimum Gasteiger partial charge on any atom is -0.453 e. The van der Waals surface area contributed by atoms with E-state index < -0.39 is 15.9 Å². The largest absolute Gasteiger partial charge is 0.453 e. The summed E-state index contributed by atoms with van der Waals surface area (Å²) in [6, 6.07) is 7.84. The molecule has 0 saturated carbocycles. The molecule has 2 heterocycles. The quantitative estimate of drug-likeness (QED) is 0.693. The highest BCUT2D eigenvalue weighted by Gasteiger charge is 2.22. The van der Waals surface area contributed by atoms with E-state index in [1.807, 2.05) is 0 Å². The van der Waals surface area contributed by atoms with E-state index >= 15 is 0 Å². The number of sulfone groups is 1. The van der Waals surface area contributed by atoms with Gasteiger partial charge in [0.05, 0.1) is 18.2 Å². The molecule has 1 amide bonds. The molecule has 0 aliphatic rings. The summed E-state index contributed by atoms with van der Waals surface area (Å²) in [6.07, 6.45) is 0.572. The number of H-pyrrole nitrogens is 1. The summed E-state index contributed by atoms with van der Waals surface area (Å²) in [5.41, 5.74) is 0.490. The predicted molar refractivity (Wildman–Crippen MR) is 79.6 cm³/mol. The molecule has 0 fully saturated rings. The number of carbonyl (C=O) groups excluding carboxylic acids is 1. The Morgan fingerprint density at radius 2 is 1.96 bits per heavy atom. The van der Waals surface area contributed by atoms with Crippen molar-refractivity contribution in [1.29, 1.82) is 0 Å². The zero-order valence-electron chi connectivity index (χ0n) is 11.8. The molecule has 118 valence electrons. The van der Waals surface area contributed by atoms with Crippen molar-refractivity contribution in [1.82, 2.24) is 19.9 Å². The third-order valence-electron chi connectivity index (χ3n) is 2.92. The van der Waals surface area contributed by atoms with Crippen LogP contribution in [-0.4, -0.2) is 41.6 Å². The average molecular weight is 333 g/mol. The first-order valence-corrected chi connectivity index (χ1v) is 7.87. The van der Waals surface area contributed by atoms with Gasteiger partial charge in [-0.25, -0.2) is 18.2 Å². The van der Waals surface area contributed by atoms with Crippen molar-refractivity contribution >= 4 is 33.0 Å².